The van der Waals surface area contributed by atoms with E-state index in [4.69, 9.17) is 5.11 Å². The van der Waals surface area contributed by atoms with Crippen LogP contribution >= 0.6 is 0 Å². The molecule has 0 saturated heterocycles. The largest absolute Gasteiger partial charge is 0.395 e. The number of carbonyl (C=O) groups excluding carboxylic acids is 1. The van der Waals surface area contributed by atoms with Gasteiger partial charge in [0, 0.05) is 37.9 Å². The number of amides is 1. The molecular weight excluding hydrogens is 230 g/mol. The molecule has 0 spiro atoms. The van der Waals surface area contributed by atoms with Crippen LogP contribution in [0.4, 0.5) is 0 Å². The lowest BCUT2D eigenvalue weighted by Crippen LogP contribution is -2.41. The highest BCUT2D eigenvalue weighted by atomic mass is 16.3. The van der Waals surface area contributed by atoms with Gasteiger partial charge in [0.2, 0.25) is 5.91 Å². The van der Waals surface area contributed by atoms with Crippen molar-refractivity contribution >= 4 is 5.91 Å². The molecule has 0 unspecified atom stereocenters. The molecule has 0 aliphatic rings. The Bertz CT molecular complexity index is 334. The van der Waals surface area contributed by atoms with E-state index in [1.54, 1.807) is 15.8 Å². The van der Waals surface area contributed by atoms with Crippen molar-refractivity contribution < 1.29 is 9.90 Å². The van der Waals surface area contributed by atoms with Gasteiger partial charge < -0.3 is 10.0 Å². The Morgan fingerprint density at radius 3 is 2.67 bits per heavy atom. The average molecular weight is 253 g/mol. The van der Waals surface area contributed by atoms with E-state index in [1.807, 2.05) is 12.3 Å². The fourth-order valence-corrected chi connectivity index (χ4v) is 2.13. The molecule has 5 heteroatoms. The third kappa shape index (κ3) is 4.14. The topological polar surface area (TPSA) is 58.4 Å². The summed E-state index contributed by atoms with van der Waals surface area (Å²) in [6.07, 6.45) is 5.82. The highest BCUT2D eigenvalue weighted by Crippen LogP contribution is 2.10. The van der Waals surface area contributed by atoms with Gasteiger partial charge in [-0.3, -0.25) is 9.48 Å². The molecule has 1 N–H and O–H groups in total. The smallest absolute Gasteiger partial charge is 0.224 e. The minimum atomic E-state index is 0.0179. The maximum atomic E-state index is 12.2. The zero-order valence-electron chi connectivity index (χ0n) is 11.2. The summed E-state index contributed by atoms with van der Waals surface area (Å²) in [7, 11) is 0. The fraction of sp³-hybridized carbons (Fsp3) is 0.692. The van der Waals surface area contributed by atoms with Crippen LogP contribution in [-0.4, -0.2) is 44.9 Å². The number of aromatic nitrogens is 2. The van der Waals surface area contributed by atoms with Gasteiger partial charge in [-0.2, -0.15) is 5.10 Å². The van der Waals surface area contributed by atoms with Gasteiger partial charge in [0.15, 0.2) is 0 Å². The zero-order chi connectivity index (χ0) is 13.4. The second-order valence-electron chi connectivity index (χ2n) is 4.30. The van der Waals surface area contributed by atoms with Gasteiger partial charge >= 0.3 is 0 Å². The van der Waals surface area contributed by atoms with Crippen LogP contribution in [0.15, 0.2) is 18.5 Å². The number of aryl methyl sites for hydroxylation is 1. The lowest BCUT2D eigenvalue weighted by Gasteiger charge is -2.30. The zero-order valence-corrected chi connectivity index (χ0v) is 11.2. The van der Waals surface area contributed by atoms with E-state index in [-0.39, 0.29) is 18.6 Å². The first-order valence-corrected chi connectivity index (χ1v) is 6.60. The van der Waals surface area contributed by atoms with Gasteiger partial charge in [-0.15, -0.1) is 0 Å². The number of hydrogen-bond donors (Lipinski definition) is 1. The first kappa shape index (κ1) is 14.7. The van der Waals surface area contributed by atoms with E-state index in [9.17, 15) is 4.79 Å². The minimum absolute atomic E-state index is 0.0179. The summed E-state index contributed by atoms with van der Waals surface area (Å²) in [5.41, 5.74) is 0. The van der Waals surface area contributed by atoms with Crippen LogP contribution in [0.2, 0.25) is 0 Å². The van der Waals surface area contributed by atoms with E-state index >= 15 is 0 Å². The summed E-state index contributed by atoms with van der Waals surface area (Å²) < 4.78 is 1.75. The van der Waals surface area contributed by atoms with E-state index in [0.29, 0.717) is 19.5 Å². The van der Waals surface area contributed by atoms with Crippen LogP contribution in [0.25, 0.3) is 0 Å². The van der Waals surface area contributed by atoms with Crippen molar-refractivity contribution in [3.63, 3.8) is 0 Å². The number of rotatable bonds is 8. The first-order valence-electron chi connectivity index (χ1n) is 6.60. The summed E-state index contributed by atoms with van der Waals surface area (Å²) in [6.45, 7) is 5.17. The molecule has 0 aliphatic carbocycles. The molecule has 18 heavy (non-hydrogen) atoms. The van der Waals surface area contributed by atoms with Gasteiger partial charge in [0.1, 0.15) is 0 Å². The standard InChI is InChI=1S/C13H23N3O2/c1-3-12(4-2)16(10-11-17)13(18)6-9-15-8-5-7-14-15/h5,7-8,12,17H,3-4,6,9-11H2,1-2H3. The predicted molar refractivity (Wildman–Crippen MR) is 70.0 cm³/mol. The number of hydrogen-bond acceptors (Lipinski definition) is 3. The Kier molecular flexibility index (Phi) is 6.43. The molecule has 0 aromatic carbocycles. The van der Waals surface area contributed by atoms with Crippen molar-refractivity contribution in [2.24, 2.45) is 0 Å². The van der Waals surface area contributed by atoms with Gasteiger partial charge in [-0.05, 0) is 18.9 Å². The van der Waals surface area contributed by atoms with Crippen LogP contribution in [0.3, 0.4) is 0 Å². The molecule has 1 amide bonds. The van der Waals surface area contributed by atoms with E-state index in [0.717, 1.165) is 12.8 Å². The monoisotopic (exact) mass is 253 g/mol. The summed E-state index contributed by atoms with van der Waals surface area (Å²) in [5.74, 6) is 0.0910. The van der Waals surface area contributed by atoms with Gasteiger partial charge in [-0.1, -0.05) is 13.8 Å². The van der Waals surface area contributed by atoms with Crippen molar-refractivity contribution in [2.45, 2.75) is 45.7 Å². The van der Waals surface area contributed by atoms with Gasteiger partial charge in [-0.25, -0.2) is 0 Å². The second-order valence-corrected chi connectivity index (χ2v) is 4.30. The van der Waals surface area contributed by atoms with Crippen molar-refractivity contribution in [2.75, 3.05) is 13.2 Å². The summed E-state index contributed by atoms with van der Waals surface area (Å²) >= 11 is 0. The lowest BCUT2D eigenvalue weighted by molar-refractivity contribution is -0.134. The molecule has 1 rings (SSSR count). The first-order chi connectivity index (χ1) is 8.72. The molecule has 0 atom stereocenters. The SMILES string of the molecule is CCC(CC)N(CCO)C(=O)CCn1cccn1. The van der Waals surface area contributed by atoms with Crippen molar-refractivity contribution in [3.05, 3.63) is 18.5 Å². The number of aliphatic hydroxyl groups is 1. The molecule has 1 aromatic heterocycles. The molecule has 102 valence electrons. The molecule has 0 aliphatic heterocycles. The highest BCUT2D eigenvalue weighted by Gasteiger charge is 2.20. The van der Waals surface area contributed by atoms with Crippen molar-refractivity contribution in [1.82, 2.24) is 14.7 Å². The molecule has 0 saturated carbocycles. The maximum absolute atomic E-state index is 12.2. The van der Waals surface area contributed by atoms with Crippen LogP contribution in [0, 0.1) is 0 Å². The number of aliphatic hydroxyl groups excluding tert-OH is 1. The van der Waals surface area contributed by atoms with Crippen LogP contribution in [0.5, 0.6) is 0 Å². The molecule has 5 nitrogen and oxygen atoms in total. The summed E-state index contributed by atoms with van der Waals surface area (Å²) in [6, 6.07) is 2.07. The van der Waals surface area contributed by atoms with Crippen molar-refractivity contribution in [3.8, 4) is 0 Å². The minimum Gasteiger partial charge on any atom is -0.395 e. The average Bonchev–Trinajstić information content (AvgIpc) is 2.89. The Morgan fingerprint density at radius 1 is 1.44 bits per heavy atom. The molecule has 0 bridgehead atoms. The van der Waals surface area contributed by atoms with E-state index < -0.39 is 0 Å². The molecule has 1 heterocycles. The van der Waals surface area contributed by atoms with E-state index in [1.165, 1.54) is 0 Å². The highest BCUT2D eigenvalue weighted by molar-refractivity contribution is 5.76. The molecular formula is C13H23N3O2. The summed E-state index contributed by atoms with van der Waals surface area (Å²) in [5, 5.41) is 13.1. The van der Waals surface area contributed by atoms with Crippen molar-refractivity contribution in [1.29, 1.82) is 0 Å². The Labute approximate surface area is 108 Å². The van der Waals surface area contributed by atoms with Gasteiger partial charge in [0.25, 0.3) is 0 Å². The lowest BCUT2D eigenvalue weighted by atomic mass is 10.1. The van der Waals surface area contributed by atoms with Crippen LogP contribution in [0.1, 0.15) is 33.1 Å². The molecule has 0 radical (unpaired) electrons. The Hall–Kier alpha value is -1.36. The molecule has 1 aromatic rings. The van der Waals surface area contributed by atoms with Gasteiger partial charge in [0.05, 0.1) is 6.61 Å². The summed E-state index contributed by atoms with van der Waals surface area (Å²) in [4.78, 5) is 14.0. The quantitative estimate of drug-likeness (QED) is 0.759. The second kappa shape index (κ2) is 7.87. The molecule has 0 fully saturated rings. The maximum Gasteiger partial charge on any atom is 0.224 e. The normalized spacial score (nSPS) is 10.9. The number of carbonyl (C=O) groups is 1. The van der Waals surface area contributed by atoms with Crippen LogP contribution in [-0.2, 0) is 11.3 Å². The Morgan fingerprint density at radius 2 is 2.17 bits per heavy atom. The predicted octanol–water partition coefficient (Wildman–Crippen LogP) is 1.28. The third-order valence-corrected chi connectivity index (χ3v) is 3.16. The number of nitrogens with zero attached hydrogens (tertiary/aromatic N) is 3. The Balaban J connectivity index is 2.53. The van der Waals surface area contributed by atoms with E-state index in [2.05, 4.69) is 18.9 Å². The van der Waals surface area contributed by atoms with Crippen LogP contribution < -0.4 is 0 Å². The fourth-order valence-electron chi connectivity index (χ4n) is 2.13. The third-order valence-electron chi connectivity index (χ3n) is 3.16.